The number of nitrogens with one attached hydrogen (secondary N) is 2. The Morgan fingerprint density at radius 3 is 2.71 bits per heavy atom. The molecule has 4 aromatic rings. The number of fused-ring (bicyclic) bond motifs is 1. The van der Waals surface area contributed by atoms with E-state index in [0.717, 1.165) is 5.56 Å². The number of rotatable bonds is 5. The number of nitrogens with two attached hydrogens (primary N) is 2. The molecule has 0 atom stereocenters. The number of benzene rings is 1. The number of aromatic nitrogens is 6. The molecule has 180 valence electrons. The molecule has 0 aliphatic carbocycles. The molecule has 0 saturated carbocycles. The van der Waals surface area contributed by atoms with Crippen molar-refractivity contribution >= 4 is 28.4 Å². The first-order valence-corrected chi connectivity index (χ1v) is 10.7. The van der Waals surface area contributed by atoms with Gasteiger partial charge < -0.3 is 21.8 Å². The Bertz CT molecular complexity index is 1500. The summed E-state index contributed by atoms with van der Waals surface area (Å²) in [5.74, 6) is 6.78. The predicted octanol–water partition coefficient (Wildman–Crippen LogP) is 1.32. The highest BCUT2D eigenvalue weighted by Gasteiger charge is 2.17. The molecule has 35 heavy (non-hydrogen) atoms. The first-order chi connectivity index (χ1) is 16.7. The quantitative estimate of drug-likeness (QED) is 0.251. The summed E-state index contributed by atoms with van der Waals surface area (Å²) in [4.78, 5) is 30.5. The second-order valence-electron chi connectivity index (χ2n) is 7.48. The summed E-state index contributed by atoms with van der Waals surface area (Å²) in [5.41, 5.74) is 12.9. The predicted molar refractivity (Wildman–Crippen MR) is 136 cm³/mol. The number of aromatic amines is 1. The number of carbonyl (C=O) groups excluding carboxylic acids is 1. The van der Waals surface area contributed by atoms with Gasteiger partial charge in [-0.3, -0.25) is 19.0 Å². The standard InChI is InChI=1S/C16H14N4O.C8H13N5O/c1-3-14-18-13-6-4-5-12(15(13)16(21)19-14)8-7-11-9-17-20(2)10-11;1-3-4-11-8-5(7(10)14)6(9)12-13(8)2/h4-6,9-10H,3H2,1-2H3,(H,18,19,21);3,11H,1,4H2,2H3,(H2,9,12)(H2,10,14). The summed E-state index contributed by atoms with van der Waals surface area (Å²) in [7, 11) is 3.51. The molecule has 0 fully saturated rings. The highest BCUT2D eigenvalue weighted by atomic mass is 16.1. The Hall–Kier alpha value is -4.85. The third-order valence-corrected chi connectivity index (χ3v) is 4.90. The molecule has 11 heteroatoms. The van der Waals surface area contributed by atoms with Crippen LogP contribution in [-0.4, -0.2) is 42.0 Å². The molecule has 0 aliphatic heterocycles. The van der Waals surface area contributed by atoms with Crippen LogP contribution in [0.4, 0.5) is 11.6 Å². The Kier molecular flexibility index (Phi) is 7.68. The lowest BCUT2D eigenvalue weighted by Crippen LogP contribution is -2.15. The van der Waals surface area contributed by atoms with Gasteiger partial charge in [0.15, 0.2) is 5.82 Å². The van der Waals surface area contributed by atoms with Gasteiger partial charge in [0.25, 0.3) is 11.5 Å². The number of primary amides is 1. The molecule has 0 aliphatic rings. The summed E-state index contributed by atoms with van der Waals surface area (Å²) in [6.45, 7) is 6.01. The van der Waals surface area contributed by atoms with Gasteiger partial charge in [0.05, 0.1) is 22.7 Å². The molecular weight excluding hydrogens is 446 g/mol. The Morgan fingerprint density at radius 2 is 2.09 bits per heavy atom. The second kappa shape index (κ2) is 10.8. The van der Waals surface area contributed by atoms with Crippen molar-refractivity contribution in [3.63, 3.8) is 0 Å². The maximum absolute atomic E-state index is 12.2. The zero-order valence-electron chi connectivity index (χ0n) is 19.8. The first-order valence-electron chi connectivity index (χ1n) is 10.7. The summed E-state index contributed by atoms with van der Waals surface area (Å²) in [6, 6.07) is 5.52. The molecule has 1 amide bonds. The lowest BCUT2D eigenvalue weighted by Gasteiger charge is -2.04. The van der Waals surface area contributed by atoms with Crippen LogP contribution in [0, 0.1) is 11.8 Å². The monoisotopic (exact) mass is 473 g/mol. The van der Waals surface area contributed by atoms with Gasteiger partial charge >= 0.3 is 0 Å². The molecule has 6 N–H and O–H groups in total. The van der Waals surface area contributed by atoms with Gasteiger partial charge in [-0.2, -0.15) is 10.2 Å². The Morgan fingerprint density at radius 1 is 1.31 bits per heavy atom. The van der Waals surface area contributed by atoms with Crippen molar-refractivity contribution in [2.75, 3.05) is 17.6 Å². The molecule has 11 nitrogen and oxygen atoms in total. The zero-order valence-corrected chi connectivity index (χ0v) is 19.8. The smallest absolute Gasteiger partial charge is 0.260 e. The maximum Gasteiger partial charge on any atom is 0.260 e. The van der Waals surface area contributed by atoms with Gasteiger partial charge in [-0.05, 0) is 12.1 Å². The lowest BCUT2D eigenvalue weighted by molar-refractivity contribution is 0.100. The molecular formula is C24H27N9O2. The van der Waals surface area contributed by atoms with E-state index >= 15 is 0 Å². The minimum atomic E-state index is -0.595. The van der Waals surface area contributed by atoms with E-state index in [1.54, 1.807) is 24.0 Å². The fraction of sp³-hybridized carbons (Fsp3) is 0.208. The fourth-order valence-electron chi connectivity index (χ4n) is 3.29. The van der Waals surface area contributed by atoms with Crippen LogP contribution in [0.1, 0.15) is 34.2 Å². The SMILES string of the molecule is C=CCNc1c(C(N)=O)c(N)nn1C.CCc1nc2cccc(C#Cc3cnn(C)c3)c2c(=O)[nH]1. The van der Waals surface area contributed by atoms with Crippen LogP contribution in [0.25, 0.3) is 10.9 Å². The van der Waals surface area contributed by atoms with E-state index in [4.69, 9.17) is 11.5 Å². The summed E-state index contributed by atoms with van der Waals surface area (Å²) in [5, 5.41) is 11.4. The molecule has 4 rings (SSSR count). The average molecular weight is 474 g/mol. The van der Waals surface area contributed by atoms with Gasteiger partial charge in [0, 0.05) is 38.8 Å². The first kappa shape index (κ1) is 24.8. The summed E-state index contributed by atoms with van der Waals surface area (Å²) in [6.07, 6.45) is 5.87. The molecule has 0 saturated heterocycles. The molecule has 0 bridgehead atoms. The largest absolute Gasteiger partial charge is 0.381 e. The number of aryl methyl sites for hydroxylation is 3. The normalized spacial score (nSPS) is 10.1. The molecule has 3 heterocycles. The zero-order chi connectivity index (χ0) is 25.5. The van der Waals surface area contributed by atoms with E-state index in [1.165, 1.54) is 4.68 Å². The number of hydrogen-bond acceptors (Lipinski definition) is 7. The van der Waals surface area contributed by atoms with Gasteiger partial charge in [-0.1, -0.05) is 30.9 Å². The molecule has 0 spiro atoms. The minimum absolute atomic E-state index is 0.131. The number of nitrogen functional groups attached to an aromatic ring is 1. The number of anilines is 2. The van der Waals surface area contributed by atoms with Crippen molar-refractivity contribution in [2.24, 2.45) is 19.8 Å². The number of amides is 1. The van der Waals surface area contributed by atoms with Crippen molar-refractivity contribution in [3.8, 4) is 11.8 Å². The number of nitrogens with zero attached hydrogens (tertiary/aromatic N) is 5. The third kappa shape index (κ3) is 5.75. The van der Waals surface area contributed by atoms with Crippen LogP contribution < -0.4 is 22.3 Å². The maximum atomic E-state index is 12.2. The van der Waals surface area contributed by atoms with E-state index in [2.05, 4.69) is 43.9 Å². The minimum Gasteiger partial charge on any atom is -0.381 e. The fourth-order valence-corrected chi connectivity index (χ4v) is 3.29. The van der Waals surface area contributed by atoms with Gasteiger partial charge in [-0.25, -0.2) is 4.98 Å². The van der Waals surface area contributed by atoms with E-state index in [0.29, 0.717) is 41.1 Å². The summed E-state index contributed by atoms with van der Waals surface area (Å²) >= 11 is 0. The third-order valence-electron chi connectivity index (χ3n) is 4.90. The molecule has 1 aromatic carbocycles. The van der Waals surface area contributed by atoms with Gasteiger partial charge in [0.1, 0.15) is 17.2 Å². The Labute approximate surface area is 201 Å². The number of hydrogen-bond donors (Lipinski definition) is 4. The van der Waals surface area contributed by atoms with Crippen molar-refractivity contribution in [1.29, 1.82) is 0 Å². The van der Waals surface area contributed by atoms with Crippen molar-refractivity contribution in [2.45, 2.75) is 13.3 Å². The topological polar surface area (TPSA) is 163 Å². The average Bonchev–Trinajstić information content (AvgIpc) is 3.37. The van der Waals surface area contributed by atoms with Gasteiger partial charge in [-0.15, -0.1) is 6.58 Å². The van der Waals surface area contributed by atoms with Crippen molar-refractivity contribution in [1.82, 2.24) is 29.5 Å². The van der Waals surface area contributed by atoms with Crippen LogP contribution in [0.3, 0.4) is 0 Å². The van der Waals surface area contributed by atoms with E-state index in [-0.39, 0.29) is 16.9 Å². The molecule has 3 aromatic heterocycles. The number of H-pyrrole nitrogens is 1. The van der Waals surface area contributed by atoms with E-state index in [9.17, 15) is 9.59 Å². The van der Waals surface area contributed by atoms with Crippen LogP contribution in [0.15, 0.2) is 48.0 Å². The van der Waals surface area contributed by atoms with Crippen LogP contribution in [-0.2, 0) is 20.5 Å². The van der Waals surface area contributed by atoms with Crippen LogP contribution in [0.2, 0.25) is 0 Å². The van der Waals surface area contributed by atoms with Crippen molar-refractivity contribution < 1.29 is 4.79 Å². The molecule has 0 radical (unpaired) electrons. The molecule has 0 unspecified atom stereocenters. The van der Waals surface area contributed by atoms with Crippen LogP contribution >= 0.6 is 0 Å². The van der Waals surface area contributed by atoms with Crippen LogP contribution in [0.5, 0.6) is 0 Å². The lowest BCUT2D eigenvalue weighted by atomic mass is 10.1. The highest BCUT2D eigenvalue weighted by Crippen LogP contribution is 2.19. The van der Waals surface area contributed by atoms with E-state index in [1.807, 2.05) is 38.4 Å². The second-order valence-corrected chi connectivity index (χ2v) is 7.48. The van der Waals surface area contributed by atoms with Gasteiger partial charge in [0.2, 0.25) is 0 Å². The Balaban J connectivity index is 0.000000214. The van der Waals surface area contributed by atoms with E-state index < -0.39 is 5.91 Å². The van der Waals surface area contributed by atoms with Crippen molar-refractivity contribution in [3.05, 3.63) is 76.1 Å². The highest BCUT2D eigenvalue weighted by molar-refractivity contribution is 6.02. The summed E-state index contributed by atoms with van der Waals surface area (Å²) < 4.78 is 3.16. The number of carbonyl (C=O) groups is 1.